The summed E-state index contributed by atoms with van der Waals surface area (Å²) in [4.78, 5) is 28.2. The van der Waals surface area contributed by atoms with E-state index in [0.717, 1.165) is 83.1 Å². The maximum absolute atomic E-state index is 13.2. The summed E-state index contributed by atoms with van der Waals surface area (Å²) in [7, 11) is 0. The highest BCUT2D eigenvalue weighted by atomic mass is 16.5. The van der Waals surface area contributed by atoms with Gasteiger partial charge in [0.05, 0.1) is 13.0 Å². The number of carbonyl (C=O) groups excluding carboxylic acids is 2. The summed E-state index contributed by atoms with van der Waals surface area (Å²) < 4.78 is 12.2. The van der Waals surface area contributed by atoms with Crippen LogP contribution in [0, 0.1) is 46.3 Å². The summed E-state index contributed by atoms with van der Waals surface area (Å²) in [6.45, 7) is 21.2. The lowest BCUT2D eigenvalue weighted by Gasteiger charge is -2.55. The number of aliphatic hydroxyl groups is 1. The molecular weight excluding hydrogens is 755 g/mol. The fraction of sp³-hybridized carbons (Fsp3) is 0.855. The average Bonchev–Trinajstić information content (AvgIpc) is 3.60. The zero-order valence-electron chi connectivity index (χ0n) is 41.0. The Kier molecular flexibility index (Phi) is 22.7. The molecule has 0 amide bonds. The van der Waals surface area contributed by atoms with E-state index in [-0.39, 0.29) is 36.2 Å². The average molecular weight is 850 g/mol. The summed E-state index contributed by atoms with van der Waals surface area (Å²) in [5.74, 6) is 3.85. The van der Waals surface area contributed by atoms with Gasteiger partial charge in [-0.2, -0.15) is 0 Å². The van der Waals surface area contributed by atoms with Gasteiger partial charge in [-0.15, -0.1) is 0 Å². The summed E-state index contributed by atoms with van der Waals surface area (Å²) in [6.07, 6.45) is 37.3. The minimum absolute atomic E-state index is 0.0279. The fourth-order valence-electron chi connectivity index (χ4n) is 12.1. The molecule has 6 heteroatoms. The minimum Gasteiger partial charge on any atom is -0.462 e. The van der Waals surface area contributed by atoms with Crippen LogP contribution in [0.2, 0.25) is 0 Å². The monoisotopic (exact) mass is 850 g/mol. The number of rotatable bonds is 30. The molecule has 0 saturated heterocycles. The number of allylic oxidation sites excluding steroid dienone is 5. The van der Waals surface area contributed by atoms with Crippen LogP contribution in [-0.2, 0) is 19.1 Å². The molecule has 61 heavy (non-hydrogen) atoms. The van der Waals surface area contributed by atoms with E-state index < -0.39 is 0 Å². The van der Waals surface area contributed by atoms with Crippen molar-refractivity contribution in [2.24, 2.45) is 46.3 Å². The van der Waals surface area contributed by atoms with Crippen LogP contribution in [0.4, 0.5) is 0 Å². The van der Waals surface area contributed by atoms with Crippen LogP contribution in [0.25, 0.3) is 0 Å². The van der Waals surface area contributed by atoms with Crippen molar-refractivity contribution in [2.75, 3.05) is 26.2 Å². The molecule has 0 aromatic rings. The van der Waals surface area contributed by atoms with Gasteiger partial charge in [0, 0.05) is 25.9 Å². The zero-order chi connectivity index (χ0) is 44.3. The van der Waals surface area contributed by atoms with Gasteiger partial charge in [-0.1, -0.05) is 155 Å². The van der Waals surface area contributed by atoms with Gasteiger partial charge in [0.2, 0.25) is 0 Å². The van der Waals surface area contributed by atoms with Crippen molar-refractivity contribution < 1.29 is 24.2 Å². The third-order valence-corrected chi connectivity index (χ3v) is 16.5. The van der Waals surface area contributed by atoms with E-state index in [0.29, 0.717) is 60.9 Å². The van der Waals surface area contributed by atoms with E-state index in [9.17, 15) is 14.7 Å². The molecule has 0 radical (unpaired) electrons. The number of hydrogen-bond acceptors (Lipinski definition) is 6. The first kappa shape index (κ1) is 51.7. The standard InChI is InChI=1S/C55H95NO5/c1-9-11-13-15-16-20-24-46(23-19-14-12-10-2)60-52(58)25-21-17-18-22-37-56(39-40-57)38-34-53(59)61-47-32-35-54(7)45(41-47)28-29-48-50-31-30-49(55(50,8)36-33-51(48)54)44(6)27-26-43(5)42(3)4/h26-29,42-44,46-47,49-51,57H,9-25,30-41H2,1-8H3/b27-26+. The van der Waals surface area contributed by atoms with Crippen molar-refractivity contribution in [3.8, 4) is 0 Å². The lowest BCUT2D eigenvalue weighted by Crippen LogP contribution is -2.46. The first-order valence-corrected chi connectivity index (χ1v) is 26.2. The molecule has 3 fully saturated rings. The van der Waals surface area contributed by atoms with Gasteiger partial charge in [0.25, 0.3) is 0 Å². The molecule has 1 N–H and O–H groups in total. The molecule has 0 aromatic heterocycles. The highest BCUT2D eigenvalue weighted by Gasteiger charge is 2.57. The number of unbranched alkanes of at least 4 members (excludes halogenated alkanes) is 11. The molecule has 9 atom stereocenters. The molecule has 4 aliphatic rings. The molecule has 6 nitrogen and oxygen atoms in total. The highest BCUT2D eigenvalue weighted by Crippen LogP contribution is 2.66. The maximum Gasteiger partial charge on any atom is 0.307 e. The number of carbonyl (C=O) groups is 2. The van der Waals surface area contributed by atoms with Crippen LogP contribution >= 0.6 is 0 Å². The predicted octanol–water partition coefficient (Wildman–Crippen LogP) is 14.1. The minimum atomic E-state index is -0.112. The number of fused-ring (bicyclic) bond motifs is 5. The second kappa shape index (κ2) is 26.8. The van der Waals surface area contributed by atoms with E-state index in [1.165, 1.54) is 82.6 Å². The molecule has 0 spiro atoms. The lowest BCUT2D eigenvalue weighted by atomic mass is 9.50. The summed E-state index contributed by atoms with van der Waals surface area (Å²) in [6, 6.07) is 0. The quantitative estimate of drug-likeness (QED) is 0.0441. The molecule has 0 aliphatic heterocycles. The number of hydrogen-bond donors (Lipinski definition) is 1. The van der Waals surface area contributed by atoms with E-state index >= 15 is 0 Å². The van der Waals surface area contributed by atoms with Crippen molar-refractivity contribution in [3.63, 3.8) is 0 Å². The van der Waals surface area contributed by atoms with Gasteiger partial charge >= 0.3 is 11.9 Å². The van der Waals surface area contributed by atoms with Crippen LogP contribution in [-0.4, -0.2) is 60.4 Å². The second-order valence-electron chi connectivity index (χ2n) is 21.3. The predicted molar refractivity (Wildman–Crippen MR) is 255 cm³/mol. The van der Waals surface area contributed by atoms with Gasteiger partial charge in [-0.05, 0) is 130 Å². The number of aliphatic hydroxyl groups excluding tert-OH is 1. The smallest absolute Gasteiger partial charge is 0.307 e. The Balaban J connectivity index is 1.16. The first-order chi connectivity index (χ1) is 29.4. The Hall–Kier alpha value is -1.92. The molecule has 0 aromatic carbocycles. The van der Waals surface area contributed by atoms with E-state index in [1.54, 1.807) is 5.57 Å². The normalized spacial score (nSPS) is 27.6. The molecule has 4 rings (SSSR count). The number of nitrogens with zero attached hydrogens (tertiary/aromatic N) is 1. The van der Waals surface area contributed by atoms with Crippen molar-refractivity contribution in [2.45, 2.75) is 228 Å². The van der Waals surface area contributed by atoms with Crippen molar-refractivity contribution in [1.82, 2.24) is 4.90 Å². The van der Waals surface area contributed by atoms with E-state index in [2.05, 4.69) is 84.6 Å². The Morgan fingerprint density at radius 3 is 2.11 bits per heavy atom. The fourth-order valence-corrected chi connectivity index (χ4v) is 12.1. The summed E-state index contributed by atoms with van der Waals surface area (Å²) in [5, 5.41) is 9.77. The topological polar surface area (TPSA) is 76.1 Å². The van der Waals surface area contributed by atoms with Gasteiger partial charge in [-0.25, -0.2) is 0 Å². The Morgan fingerprint density at radius 1 is 0.738 bits per heavy atom. The lowest BCUT2D eigenvalue weighted by molar-refractivity contribution is -0.151. The Labute approximate surface area is 375 Å². The van der Waals surface area contributed by atoms with Crippen molar-refractivity contribution >= 4 is 11.9 Å². The second-order valence-corrected chi connectivity index (χ2v) is 21.3. The molecular formula is C55H95NO5. The van der Waals surface area contributed by atoms with Gasteiger partial charge in [-0.3, -0.25) is 9.59 Å². The number of esters is 2. The maximum atomic E-state index is 13.2. The number of ether oxygens (including phenoxy) is 2. The van der Waals surface area contributed by atoms with E-state index in [4.69, 9.17) is 9.47 Å². The Morgan fingerprint density at radius 2 is 1.41 bits per heavy atom. The third kappa shape index (κ3) is 15.6. The van der Waals surface area contributed by atoms with Crippen LogP contribution in [0.1, 0.15) is 216 Å². The SMILES string of the molecule is CCCCCCCCC(CCCCCC)OC(=O)CCCCCCN(CCO)CCC(=O)OC1CCC2(C)C(=CC=C3C2CCC2(C)C3CCC2C(C)/C=C/C(C)C(C)C)C1. The summed E-state index contributed by atoms with van der Waals surface area (Å²) >= 11 is 0. The molecule has 0 heterocycles. The van der Waals surface area contributed by atoms with Crippen LogP contribution in [0.5, 0.6) is 0 Å². The van der Waals surface area contributed by atoms with Gasteiger partial charge in [0.1, 0.15) is 12.2 Å². The van der Waals surface area contributed by atoms with Gasteiger partial charge in [0.15, 0.2) is 0 Å². The molecule has 0 bridgehead atoms. The van der Waals surface area contributed by atoms with E-state index in [1.807, 2.05) is 0 Å². The summed E-state index contributed by atoms with van der Waals surface area (Å²) in [5.41, 5.74) is 3.77. The molecule has 4 aliphatic carbocycles. The van der Waals surface area contributed by atoms with Gasteiger partial charge < -0.3 is 19.5 Å². The highest BCUT2D eigenvalue weighted by molar-refractivity contribution is 5.70. The van der Waals surface area contributed by atoms with Crippen molar-refractivity contribution in [1.29, 1.82) is 0 Å². The first-order valence-electron chi connectivity index (χ1n) is 26.2. The van der Waals surface area contributed by atoms with Crippen LogP contribution < -0.4 is 0 Å². The van der Waals surface area contributed by atoms with Crippen molar-refractivity contribution in [3.05, 3.63) is 35.5 Å². The van der Waals surface area contributed by atoms with Crippen LogP contribution in [0.15, 0.2) is 35.5 Å². The zero-order valence-corrected chi connectivity index (χ0v) is 41.0. The molecule has 3 saturated carbocycles. The molecule has 350 valence electrons. The molecule has 9 unspecified atom stereocenters. The largest absolute Gasteiger partial charge is 0.462 e. The Bertz CT molecular complexity index is 1380. The third-order valence-electron chi connectivity index (χ3n) is 16.5. The van der Waals surface area contributed by atoms with Crippen LogP contribution in [0.3, 0.4) is 0 Å².